The van der Waals surface area contributed by atoms with Gasteiger partial charge in [0.1, 0.15) is 5.75 Å². The minimum Gasteiger partial charge on any atom is -0.481 e. The van der Waals surface area contributed by atoms with Crippen LogP contribution >= 0.6 is 23.2 Å². The molecular weight excluding hydrogens is 523 g/mol. The second-order valence-electron chi connectivity index (χ2n) is 9.62. The average molecular weight is 556 g/mol. The van der Waals surface area contributed by atoms with E-state index >= 15 is 0 Å². The fourth-order valence-corrected chi connectivity index (χ4v) is 4.01. The number of ketones is 1. The normalized spacial score (nSPS) is 11.9. The van der Waals surface area contributed by atoms with E-state index in [4.69, 9.17) is 27.9 Å². The molecule has 1 unspecified atom stereocenters. The van der Waals surface area contributed by atoms with E-state index in [-0.39, 0.29) is 23.5 Å². The number of anilines is 2. The van der Waals surface area contributed by atoms with Crippen molar-refractivity contribution in [1.29, 1.82) is 0 Å². The van der Waals surface area contributed by atoms with Crippen molar-refractivity contribution >= 4 is 52.2 Å². The average Bonchev–Trinajstić information content (AvgIpc) is 2.89. The van der Waals surface area contributed by atoms with Gasteiger partial charge in [-0.1, -0.05) is 63.0 Å². The minimum atomic E-state index is -0.677. The Hall–Kier alpha value is -3.35. The summed E-state index contributed by atoms with van der Waals surface area (Å²) < 4.78 is 5.94. The molecule has 0 saturated heterocycles. The highest BCUT2D eigenvalue weighted by Gasteiger charge is 2.21. The predicted molar refractivity (Wildman–Crippen MR) is 154 cm³/mol. The van der Waals surface area contributed by atoms with Crippen molar-refractivity contribution in [2.75, 3.05) is 10.6 Å². The topological polar surface area (TPSA) is 84.5 Å². The number of hydrogen-bond acceptors (Lipinski definition) is 4. The van der Waals surface area contributed by atoms with E-state index in [1.807, 2.05) is 31.2 Å². The molecule has 2 N–H and O–H groups in total. The lowest BCUT2D eigenvalue weighted by Gasteiger charge is -2.24. The number of Topliss-reactive ketones (excluding diaryl/α,β-unsaturated/α-hetero) is 1. The standard InChI is InChI=1S/C30H32Cl2N2O4/c1-5-27(38-23-14-9-20(10-15-23)30(3,4)6-2)29(37)33-22-12-7-19(8-13-22)26(35)18-28(36)34-25-17-21(31)11-16-24(25)32/h7-17,27H,5-6,18H2,1-4H3,(H,33,37)(H,34,36). The molecule has 0 radical (unpaired) electrons. The third kappa shape index (κ3) is 7.83. The van der Waals surface area contributed by atoms with Crippen LogP contribution in [0, 0.1) is 0 Å². The molecule has 6 nitrogen and oxygen atoms in total. The SMILES string of the molecule is CCC(Oc1ccc(C(C)(C)CC)cc1)C(=O)Nc1ccc(C(=O)CC(=O)Nc2cc(Cl)ccc2Cl)cc1. The zero-order valence-electron chi connectivity index (χ0n) is 21.9. The fourth-order valence-electron chi connectivity index (χ4n) is 3.67. The molecule has 8 heteroatoms. The molecule has 0 fully saturated rings. The summed E-state index contributed by atoms with van der Waals surface area (Å²) >= 11 is 12.0. The molecule has 3 aromatic rings. The van der Waals surface area contributed by atoms with Crippen LogP contribution in [0.15, 0.2) is 66.7 Å². The first-order chi connectivity index (χ1) is 18.0. The van der Waals surface area contributed by atoms with Gasteiger partial charge in [0.25, 0.3) is 5.91 Å². The monoisotopic (exact) mass is 554 g/mol. The van der Waals surface area contributed by atoms with Gasteiger partial charge in [-0.2, -0.15) is 0 Å². The van der Waals surface area contributed by atoms with E-state index in [1.165, 1.54) is 11.6 Å². The van der Waals surface area contributed by atoms with Gasteiger partial charge in [-0.25, -0.2) is 0 Å². The van der Waals surface area contributed by atoms with Crippen LogP contribution in [0.2, 0.25) is 10.0 Å². The van der Waals surface area contributed by atoms with Crippen molar-refractivity contribution in [3.63, 3.8) is 0 Å². The second kappa shape index (κ2) is 12.9. The van der Waals surface area contributed by atoms with Crippen molar-refractivity contribution in [2.24, 2.45) is 0 Å². The number of ether oxygens (including phenoxy) is 1. The Labute approximate surface area is 233 Å². The van der Waals surface area contributed by atoms with Crippen LogP contribution in [0.4, 0.5) is 11.4 Å². The molecule has 3 rings (SSSR count). The van der Waals surface area contributed by atoms with Gasteiger partial charge in [0.15, 0.2) is 11.9 Å². The van der Waals surface area contributed by atoms with E-state index in [2.05, 4.69) is 31.4 Å². The van der Waals surface area contributed by atoms with Gasteiger partial charge in [0, 0.05) is 16.3 Å². The Bertz CT molecular complexity index is 1290. The fraction of sp³-hybridized carbons (Fsp3) is 0.300. The van der Waals surface area contributed by atoms with Crippen LogP contribution in [0.25, 0.3) is 0 Å². The molecule has 0 heterocycles. The lowest BCUT2D eigenvalue weighted by Crippen LogP contribution is -2.32. The first-order valence-electron chi connectivity index (χ1n) is 12.5. The smallest absolute Gasteiger partial charge is 0.265 e. The Morgan fingerprint density at radius 2 is 1.55 bits per heavy atom. The molecular formula is C30H32Cl2N2O4. The quantitative estimate of drug-likeness (QED) is 0.188. The van der Waals surface area contributed by atoms with Gasteiger partial charge in [0.2, 0.25) is 5.91 Å². The van der Waals surface area contributed by atoms with Crippen molar-refractivity contribution in [3.8, 4) is 5.75 Å². The second-order valence-corrected chi connectivity index (χ2v) is 10.5. The Morgan fingerprint density at radius 3 is 2.16 bits per heavy atom. The lowest BCUT2D eigenvalue weighted by atomic mass is 9.82. The van der Waals surface area contributed by atoms with Gasteiger partial charge in [-0.3, -0.25) is 14.4 Å². The van der Waals surface area contributed by atoms with E-state index < -0.39 is 12.0 Å². The molecule has 38 heavy (non-hydrogen) atoms. The van der Waals surface area contributed by atoms with Crippen LogP contribution in [0.1, 0.15) is 62.9 Å². The highest BCUT2D eigenvalue weighted by atomic mass is 35.5. The van der Waals surface area contributed by atoms with Crippen molar-refractivity contribution in [1.82, 2.24) is 0 Å². The summed E-state index contributed by atoms with van der Waals surface area (Å²) in [7, 11) is 0. The van der Waals surface area contributed by atoms with E-state index in [1.54, 1.807) is 36.4 Å². The zero-order valence-corrected chi connectivity index (χ0v) is 23.5. The van der Waals surface area contributed by atoms with Crippen LogP contribution < -0.4 is 15.4 Å². The van der Waals surface area contributed by atoms with Crippen molar-refractivity contribution in [3.05, 3.63) is 87.9 Å². The molecule has 1 atom stereocenters. The number of hydrogen-bond donors (Lipinski definition) is 2. The van der Waals surface area contributed by atoms with Gasteiger partial charge in [-0.05, 0) is 78.4 Å². The molecule has 3 aromatic carbocycles. The molecule has 0 bridgehead atoms. The summed E-state index contributed by atoms with van der Waals surface area (Å²) in [6, 6.07) is 18.9. The number of amides is 2. The van der Waals surface area contributed by atoms with Crippen LogP contribution in [-0.4, -0.2) is 23.7 Å². The molecule has 0 aliphatic rings. The zero-order chi connectivity index (χ0) is 27.9. The molecule has 0 saturated carbocycles. The largest absolute Gasteiger partial charge is 0.481 e. The minimum absolute atomic E-state index is 0.0708. The number of carbonyl (C=O) groups is 3. The predicted octanol–water partition coefficient (Wildman–Crippen LogP) is 7.69. The molecule has 2 amide bonds. The summed E-state index contributed by atoms with van der Waals surface area (Å²) in [6.45, 7) is 8.41. The number of benzene rings is 3. The van der Waals surface area contributed by atoms with E-state index in [9.17, 15) is 14.4 Å². The van der Waals surface area contributed by atoms with Gasteiger partial charge >= 0.3 is 0 Å². The van der Waals surface area contributed by atoms with Crippen LogP contribution in [0.3, 0.4) is 0 Å². The van der Waals surface area contributed by atoms with Gasteiger partial charge in [-0.15, -0.1) is 0 Å². The number of nitrogens with one attached hydrogen (secondary N) is 2. The van der Waals surface area contributed by atoms with E-state index in [0.29, 0.717) is 39.2 Å². The van der Waals surface area contributed by atoms with Crippen LogP contribution in [-0.2, 0) is 15.0 Å². The molecule has 0 aliphatic carbocycles. The highest BCUT2D eigenvalue weighted by molar-refractivity contribution is 6.35. The summed E-state index contributed by atoms with van der Waals surface area (Å²) in [5, 5.41) is 6.16. The number of halogens is 2. The third-order valence-corrected chi connectivity index (χ3v) is 7.02. The lowest BCUT2D eigenvalue weighted by molar-refractivity contribution is -0.122. The Morgan fingerprint density at radius 1 is 0.895 bits per heavy atom. The molecule has 0 aliphatic heterocycles. The summed E-state index contributed by atoms with van der Waals surface area (Å²) in [6.07, 6.45) is 0.455. The summed E-state index contributed by atoms with van der Waals surface area (Å²) in [4.78, 5) is 37.7. The summed E-state index contributed by atoms with van der Waals surface area (Å²) in [5.41, 5.74) is 2.48. The number of carbonyl (C=O) groups excluding carboxylic acids is 3. The van der Waals surface area contributed by atoms with Crippen LogP contribution in [0.5, 0.6) is 5.75 Å². The maximum absolute atomic E-state index is 12.8. The third-order valence-electron chi connectivity index (χ3n) is 6.46. The van der Waals surface area contributed by atoms with Gasteiger partial charge < -0.3 is 15.4 Å². The molecule has 0 aromatic heterocycles. The Balaban J connectivity index is 1.56. The summed E-state index contributed by atoms with van der Waals surface area (Å²) in [5.74, 6) is -0.544. The highest BCUT2D eigenvalue weighted by Crippen LogP contribution is 2.29. The van der Waals surface area contributed by atoms with E-state index in [0.717, 1.165) is 6.42 Å². The first-order valence-corrected chi connectivity index (χ1v) is 13.2. The van der Waals surface area contributed by atoms with Crippen molar-refractivity contribution in [2.45, 2.75) is 58.5 Å². The maximum Gasteiger partial charge on any atom is 0.265 e. The van der Waals surface area contributed by atoms with Gasteiger partial charge in [0.05, 0.1) is 17.1 Å². The number of rotatable bonds is 11. The molecule has 0 spiro atoms. The first kappa shape index (κ1) is 29.2. The maximum atomic E-state index is 12.8. The van der Waals surface area contributed by atoms with Crippen molar-refractivity contribution < 1.29 is 19.1 Å². The molecule has 200 valence electrons. The Kier molecular flexibility index (Phi) is 9.95.